The highest BCUT2D eigenvalue weighted by Crippen LogP contribution is 2.10. The van der Waals surface area contributed by atoms with Crippen LogP contribution in [0.3, 0.4) is 0 Å². The van der Waals surface area contributed by atoms with Crippen LogP contribution in [-0.2, 0) is 13.6 Å². The molecular formula is C12H13N3O2S. The molecule has 0 unspecified atom stereocenters. The maximum absolute atomic E-state index is 11.9. The molecule has 2 aromatic heterocycles. The molecule has 0 saturated carbocycles. The molecule has 5 nitrogen and oxygen atoms in total. The first-order valence-corrected chi connectivity index (χ1v) is 6.26. The fourth-order valence-corrected chi connectivity index (χ4v) is 2.38. The number of thiazole rings is 1. The summed E-state index contributed by atoms with van der Waals surface area (Å²) in [5.41, 5.74) is 1.47. The monoisotopic (exact) mass is 263 g/mol. The van der Waals surface area contributed by atoms with E-state index < -0.39 is 0 Å². The summed E-state index contributed by atoms with van der Waals surface area (Å²) in [7, 11) is 1.66. The molecule has 0 fully saturated rings. The number of nitrogens with zero attached hydrogens (tertiary/aromatic N) is 2. The third-order valence-electron chi connectivity index (χ3n) is 2.66. The van der Waals surface area contributed by atoms with Crippen molar-refractivity contribution in [2.75, 3.05) is 0 Å². The van der Waals surface area contributed by atoms with Crippen molar-refractivity contribution in [3.63, 3.8) is 0 Å². The molecule has 6 heteroatoms. The number of rotatable bonds is 3. The Morgan fingerprint density at radius 3 is 2.83 bits per heavy atom. The van der Waals surface area contributed by atoms with E-state index >= 15 is 0 Å². The van der Waals surface area contributed by atoms with Crippen LogP contribution in [0.25, 0.3) is 0 Å². The van der Waals surface area contributed by atoms with Crippen molar-refractivity contribution in [1.29, 1.82) is 0 Å². The van der Waals surface area contributed by atoms with E-state index in [2.05, 4.69) is 10.3 Å². The topological polar surface area (TPSA) is 64.0 Å². The Morgan fingerprint density at radius 2 is 2.28 bits per heavy atom. The highest BCUT2D eigenvalue weighted by Gasteiger charge is 2.15. The Hall–Kier alpha value is -1.95. The van der Waals surface area contributed by atoms with Gasteiger partial charge in [-0.05, 0) is 19.1 Å². The van der Waals surface area contributed by atoms with Gasteiger partial charge in [-0.1, -0.05) is 17.4 Å². The Labute approximate surface area is 108 Å². The van der Waals surface area contributed by atoms with E-state index in [1.165, 1.54) is 4.57 Å². The average Bonchev–Trinajstić information content (AvgIpc) is 2.65. The van der Waals surface area contributed by atoms with Gasteiger partial charge in [-0.15, -0.1) is 0 Å². The van der Waals surface area contributed by atoms with Crippen LogP contribution in [-0.4, -0.2) is 15.5 Å². The molecule has 94 valence electrons. The third kappa shape index (κ3) is 2.48. The van der Waals surface area contributed by atoms with Gasteiger partial charge in [0.2, 0.25) is 0 Å². The quantitative estimate of drug-likeness (QED) is 0.901. The second-order valence-electron chi connectivity index (χ2n) is 3.85. The number of hydrogen-bond acceptors (Lipinski definition) is 4. The minimum Gasteiger partial charge on any atom is -0.346 e. The molecule has 0 aliphatic carbocycles. The molecule has 0 aliphatic heterocycles. The summed E-state index contributed by atoms with van der Waals surface area (Å²) in [6.45, 7) is 2.11. The highest BCUT2D eigenvalue weighted by molar-refractivity contribution is 7.11. The molecule has 0 atom stereocenters. The lowest BCUT2D eigenvalue weighted by molar-refractivity contribution is 0.0953. The van der Waals surface area contributed by atoms with E-state index in [1.807, 2.05) is 18.2 Å². The SMILES string of the molecule is Cc1c(C(=O)NCc2ccccn2)sc(=O)n1C. The molecule has 0 aliphatic rings. The van der Waals surface area contributed by atoms with Crippen molar-refractivity contribution >= 4 is 17.2 Å². The number of pyridine rings is 1. The van der Waals surface area contributed by atoms with E-state index in [0.29, 0.717) is 17.1 Å². The molecule has 18 heavy (non-hydrogen) atoms. The van der Waals surface area contributed by atoms with Crippen molar-refractivity contribution in [3.8, 4) is 0 Å². The van der Waals surface area contributed by atoms with Gasteiger partial charge in [-0.3, -0.25) is 14.6 Å². The molecule has 0 bridgehead atoms. The minimum absolute atomic E-state index is 0.129. The molecule has 0 spiro atoms. The predicted octanol–water partition coefficient (Wildman–Crippen LogP) is 1.08. The standard InChI is InChI=1S/C12H13N3O2S/c1-8-10(18-12(17)15(8)2)11(16)14-7-9-5-3-4-6-13-9/h3-6H,7H2,1-2H3,(H,14,16). The second-order valence-corrected chi connectivity index (χ2v) is 4.81. The largest absolute Gasteiger partial charge is 0.346 e. The number of carbonyl (C=O) groups excluding carboxylic acids is 1. The van der Waals surface area contributed by atoms with E-state index in [-0.39, 0.29) is 10.8 Å². The van der Waals surface area contributed by atoms with Crippen LogP contribution in [0.1, 0.15) is 21.1 Å². The first-order valence-electron chi connectivity index (χ1n) is 5.44. The van der Waals surface area contributed by atoms with Crippen LogP contribution in [0.15, 0.2) is 29.2 Å². The summed E-state index contributed by atoms with van der Waals surface area (Å²) < 4.78 is 1.47. The van der Waals surface area contributed by atoms with Gasteiger partial charge in [-0.2, -0.15) is 0 Å². The van der Waals surface area contributed by atoms with Crippen LogP contribution in [0, 0.1) is 6.92 Å². The summed E-state index contributed by atoms with van der Waals surface area (Å²) in [6, 6.07) is 5.51. The van der Waals surface area contributed by atoms with Gasteiger partial charge in [0.05, 0.1) is 12.2 Å². The number of carbonyl (C=O) groups is 1. The summed E-state index contributed by atoms with van der Waals surface area (Å²) in [6.07, 6.45) is 1.67. The maximum atomic E-state index is 11.9. The van der Waals surface area contributed by atoms with Crippen LogP contribution < -0.4 is 10.2 Å². The van der Waals surface area contributed by atoms with Gasteiger partial charge in [0.25, 0.3) is 5.91 Å². The minimum atomic E-state index is -0.235. The Morgan fingerprint density at radius 1 is 1.50 bits per heavy atom. The smallest absolute Gasteiger partial charge is 0.307 e. The number of hydrogen-bond donors (Lipinski definition) is 1. The zero-order valence-electron chi connectivity index (χ0n) is 10.1. The first kappa shape index (κ1) is 12.5. The Bertz CT molecular complexity index is 616. The van der Waals surface area contributed by atoms with Gasteiger partial charge < -0.3 is 9.88 Å². The number of amides is 1. The zero-order valence-corrected chi connectivity index (χ0v) is 11.0. The first-order chi connectivity index (χ1) is 8.59. The lowest BCUT2D eigenvalue weighted by atomic mass is 10.3. The third-order valence-corrected chi connectivity index (χ3v) is 3.79. The molecule has 0 saturated heterocycles. The molecular weight excluding hydrogens is 250 g/mol. The van der Waals surface area contributed by atoms with E-state index in [9.17, 15) is 9.59 Å². The van der Waals surface area contributed by atoms with Crippen LogP contribution in [0.5, 0.6) is 0 Å². The van der Waals surface area contributed by atoms with Gasteiger partial charge in [0.1, 0.15) is 4.88 Å². The molecule has 0 aromatic carbocycles. The highest BCUT2D eigenvalue weighted by atomic mass is 32.1. The van der Waals surface area contributed by atoms with Crippen molar-refractivity contribution in [2.45, 2.75) is 13.5 Å². The van der Waals surface area contributed by atoms with Crippen LogP contribution >= 0.6 is 11.3 Å². The molecule has 2 rings (SSSR count). The summed E-state index contributed by atoms with van der Waals surface area (Å²) >= 11 is 0.959. The molecule has 1 amide bonds. The van der Waals surface area contributed by atoms with Gasteiger partial charge in [-0.25, -0.2) is 0 Å². The molecule has 2 heterocycles. The van der Waals surface area contributed by atoms with Crippen molar-refractivity contribution in [3.05, 3.63) is 50.3 Å². The summed E-state index contributed by atoms with van der Waals surface area (Å²) in [4.78, 5) is 27.8. The normalized spacial score (nSPS) is 10.3. The molecule has 2 aromatic rings. The van der Waals surface area contributed by atoms with Crippen molar-refractivity contribution in [2.24, 2.45) is 7.05 Å². The lowest BCUT2D eigenvalue weighted by Crippen LogP contribution is -2.23. The average molecular weight is 263 g/mol. The lowest BCUT2D eigenvalue weighted by Gasteiger charge is -2.03. The summed E-state index contributed by atoms with van der Waals surface area (Å²) in [5.74, 6) is -0.235. The zero-order chi connectivity index (χ0) is 13.1. The van der Waals surface area contributed by atoms with E-state index in [1.54, 1.807) is 20.2 Å². The summed E-state index contributed by atoms with van der Waals surface area (Å²) in [5, 5.41) is 2.75. The number of aromatic nitrogens is 2. The van der Waals surface area contributed by atoms with Gasteiger partial charge in [0, 0.05) is 18.9 Å². The van der Waals surface area contributed by atoms with Crippen LogP contribution in [0.4, 0.5) is 0 Å². The fourth-order valence-electron chi connectivity index (χ4n) is 1.48. The molecule has 0 radical (unpaired) electrons. The molecule has 1 N–H and O–H groups in total. The van der Waals surface area contributed by atoms with E-state index in [4.69, 9.17) is 0 Å². The van der Waals surface area contributed by atoms with E-state index in [0.717, 1.165) is 17.0 Å². The maximum Gasteiger partial charge on any atom is 0.307 e. The van der Waals surface area contributed by atoms with Crippen molar-refractivity contribution in [1.82, 2.24) is 14.9 Å². The Kier molecular flexibility index (Phi) is 3.57. The Balaban J connectivity index is 2.09. The van der Waals surface area contributed by atoms with Crippen LogP contribution in [0.2, 0.25) is 0 Å². The fraction of sp³-hybridized carbons (Fsp3) is 0.250. The van der Waals surface area contributed by atoms with Crippen molar-refractivity contribution < 1.29 is 4.79 Å². The number of nitrogens with one attached hydrogen (secondary N) is 1. The predicted molar refractivity (Wildman–Crippen MR) is 69.7 cm³/mol. The second kappa shape index (κ2) is 5.14. The van der Waals surface area contributed by atoms with Gasteiger partial charge >= 0.3 is 4.87 Å². The van der Waals surface area contributed by atoms with Gasteiger partial charge in [0.15, 0.2) is 0 Å².